The van der Waals surface area contributed by atoms with Crippen molar-refractivity contribution in [2.24, 2.45) is 34.5 Å². The number of fused-ring (bicyclic) bond motifs is 5. The van der Waals surface area contributed by atoms with Crippen LogP contribution >= 0.6 is 0 Å². The monoisotopic (exact) mass is 480 g/mol. The summed E-state index contributed by atoms with van der Waals surface area (Å²) in [6, 6.07) is 8.98. The van der Waals surface area contributed by atoms with E-state index in [0.29, 0.717) is 23.7 Å². The number of benzene rings is 1. The van der Waals surface area contributed by atoms with Gasteiger partial charge in [0.05, 0.1) is 0 Å². The highest BCUT2D eigenvalue weighted by atomic mass is 14.6. The van der Waals surface area contributed by atoms with E-state index >= 15 is 0 Å². The topological polar surface area (TPSA) is 0 Å². The normalized spacial score (nSPS) is 35.0. The molecule has 1 aromatic rings. The Labute approximate surface area is 221 Å². The van der Waals surface area contributed by atoms with Gasteiger partial charge in [0.1, 0.15) is 0 Å². The van der Waals surface area contributed by atoms with Crippen LogP contribution in [0, 0.1) is 41.4 Å². The quantitative estimate of drug-likeness (QED) is 0.376. The van der Waals surface area contributed by atoms with Gasteiger partial charge in [0, 0.05) is 5.41 Å². The molecule has 6 atom stereocenters. The lowest BCUT2D eigenvalue weighted by Crippen LogP contribution is -2.43. The van der Waals surface area contributed by atoms with Crippen molar-refractivity contribution >= 4 is 5.57 Å². The Morgan fingerprint density at radius 1 is 1.17 bits per heavy atom. The molecule has 2 saturated carbocycles. The molecule has 2 unspecified atom stereocenters. The van der Waals surface area contributed by atoms with Gasteiger partial charge in [-0.15, -0.1) is 0 Å². The van der Waals surface area contributed by atoms with Crippen molar-refractivity contribution in [3.8, 4) is 0 Å². The second kappa shape index (κ2) is 10.2. The first kappa shape index (κ1) is 26.7. The highest BCUT2D eigenvalue weighted by molar-refractivity contribution is 5.71. The maximum Gasteiger partial charge on any atom is 0.0281 e. The number of hydrogen-bond acceptors (Lipinski definition) is 0. The second-order valence-corrected chi connectivity index (χ2v) is 11.8. The molecule has 2 fully saturated rings. The summed E-state index contributed by atoms with van der Waals surface area (Å²) in [4.78, 5) is 0. The van der Waals surface area contributed by atoms with Crippen molar-refractivity contribution < 1.29 is 0 Å². The molecule has 0 aliphatic heterocycles. The van der Waals surface area contributed by atoms with E-state index in [4.69, 9.17) is 0 Å². The molecule has 0 spiro atoms. The fourth-order valence-electron chi connectivity index (χ4n) is 8.39. The zero-order valence-corrected chi connectivity index (χ0v) is 24.0. The Bertz CT molecular complexity index is 1150. The molecule has 0 nitrogen and oxygen atoms in total. The van der Waals surface area contributed by atoms with E-state index in [1.54, 1.807) is 16.7 Å². The van der Waals surface area contributed by atoms with Gasteiger partial charge in [-0.05, 0) is 104 Å². The number of hydrogen-bond donors (Lipinski definition) is 0. The Kier molecular flexibility index (Phi) is 7.57. The summed E-state index contributed by atoms with van der Waals surface area (Å²) in [5.74, 6) is 2.47. The molecule has 0 heteroatoms. The van der Waals surface area contributed by atoms with Crippen molar-refractivity contribution in [1.82, 2.24) is 0 Å². The lowest BCUT2D eigenvalue weighted by Gasteiger charge is -2.52. The van der Waals surface area contributed by atoms with Crippen molar-refractivity contribution in [3.05, 3.63) is 101 Å². The van der Waals surface area contributed by atoms with Crippen LogP contribution in [-0.2, 0) is 0 Å². The first-order chi connectivity index (χ1) is 17.2. The first-order valence-electron chi connectivity index (χ1n) is 14.4. The lowest BCUT2D eigenvalue weighted by molar-refractivity contribution is 0.103. The van der Waals surface area contributed by atoms with Gasteiger partial charge in [-0.25, -0.2) is 0 Å². The molecule has 0 aromatic heterocycles. The first-order valence-corrected chi connectivity index (χ1v) is 14.4. The Balaban J connectivity index is 0.00000148. The van der Waals surface area contributed by atoms with Crippen LogP contribution in [-0.4, -0.2) is 0 Å². The summed E-state index contributed by atoms with van der Waals surface area (Å²) >= 11 is 0. The average molecular weight is 481 g/mol. The SMILES string of the molecule is C=C1C=C[C@@]2(C)C(=C1)CCC1C2=CC[C@@]2(C)C1C[C@H](/C(=C/C)c1ccccc1C)[C@@H]2C(=C)CC.CC. The van der Waals surface area contributed by atoms with E-state index in [9.17, 15) is 0 Å². The van der Waals surface area contributed by atoms with Crippen LogP contribution in [0.3, 0.4) is 0 Å². The molecule has 0 bridgehead atoms. The summed E-state index contributed by atoms with van der Waals surface area (Å²) in [6.45, 7) is 24.8. The van der Waals surface area contributed by atoms with Crippen LogP contribution in [0.25, 0.3) is 5.57 Å². The predicted molar refractivity (Wildman–Crippen MR) is 159 cm³/mol. The Morgan fingerprint density at radius 2 is 1.89 bits per heavy atom. The van der Waals surface area contributed by atoms with Crippen LogP contribution in [0.5, 0.6) is 0 Å². The molecular weight excluding hydrogens is 432 g/mol. The zero-order chi connectivity index (χ0) is 26.3. The summed E-state index contributed by atoms with van der Waals surface area (Å²) in [5.41, 5.74) is 10.6. The molecule has 0 heterocycles. The van der Waals surface area contributed by atoms with E-state index in [-0.39, 0.29) is 10.8 Å². The predicted octanol–water partition coefficient (Wildman–Crippen LogP) is 10.4. The van der Waals surface area contributed by atoms with Gasteiger partial charge in [-0.3, -0.25) is 0 Å². The molecule has 0 radical (unpaired) electrons. The summed E-state index contributed by atoms with van der Waals surface area (Å²) in [7, 11) is 0. The largest absolute Gasteiger partial charge is 0.0995 e. The maximum absolute atomic E-state index is 4.69. The van der Waals surface area contributed by atoms with Gasteiger partial charge in [-0.1, -0.05) is 112 Å². The van der Waals surface area contributed by atoms with Crippen molar-refractivity contribution in [2.45, 2.75) is 80.6 Å². The minimum atomic E-state index is 0.0836. The van der Waals surface area contributed by atoms with Gasteiger partial charge in [0.25, 0.3) is 0 Å². The van der Waals surface area contributed by atoms with Gasteiger partial charge in [0.2, 0.25) is 0 Å². The number of allylic oxidation sites excluding steroid dienone is 10. The van der Waals surface area contributed by atoms with E-state index in [1.165, 1.54) is 42.4 Å². The van der Waals surface area contributed by atoms with Crippen LogP contribution < -0.4 is 0 Å². The molecule has 0 N–H and O–H groups in total. The molecule has 36 heavy (non-hydrogen) atoms. The maximum atomic E-state index is 4.69. The van der Waals surface area contributed by atoms with Crippen LogP contribution in [0.4, 0.5) is 0 Å². The standard InChI is InChI=1S/C34H42.C2H6/c1-8-23(4)32-29(26(9-2)27-13-11-10-12-24(27)5)21-31-28-15-14-25-20-22(3)16-18-33(25,6)30(28)17-19-34(31,32)7;1-2/h9-13,16-18,20,28-29,31-32H,3-4,8,14-15,19,21H2,1-2,5-7H3;1-2H3/b26-9+;/t28?,29-,31?,32+,33+,34+;/m1./s1. The Morgan fingerprint density at radius 3 is 2.56 bits per heavy atom. The highest BCUT2D eigenvalue weighted by Gasteiger charge is 2.59. The lowest BCUT2D eigenvalue weighted by atomic mass is 9.51. The van der Waals surface area contributed by atoms with E-state index < -0.39 is 0 Å². The van der Waals surface area contributed by atoms with Crippen molar-refractivity contribution in [2.75, 3.05) is 0 Å². The molecule has 192 valence electrons. The molecule has 0 amide bonds. The fourth-order valence-corrected chi connectivity index (χ4v) is 8.39. The molecule has 1 aromatic carbocycles. The second-order valence-electron chi connectivity index (χ2n) is 11.8. The average Bonchev–Trinajstić information content (AvgIpc) is 3.19. The minimum absolute atomic E-state index is 0.0836. The molecular formula is C36H48. The van der Waals surface area contributed by atoms with Crippen LogP contribution in [0.2, 0.25) is 0 Å². The van der Waals surface area contributed by atoms with Crippen LogP contribution in [0.1, 0.15) is 84.8 Å². The van der Waals surface area contributed by atoms with Crippen molar-refractivity contribution in [3.63, 3.8) is 0 Å². The third kappa shape index (κ3) is 4.06. The molecule has 0 saturated heterocycles. The molecule has 5 rings (SSSR count). The zero-order valence-electron chi connectivity index (χ0n) is 24.0. The van der Waals surface area contributed by atoms with Gasteiger partial charge >= 0.3 is 0 Å². The van der Waals surface area contributed by atoms with E-state index in [1.807, 2.05) is 13.8 Å². The number of aryl methyl sites for hydroxylation is 1. The van der Waals surface area contributed by atoms with Gasteiger partial charge < -0.3 is 0 Å². The summed E-state index contributed by atoms with van der Waals surface area (Å²) in [5, 5.41) is 0. The summed E-state index contributed by atoms with van der Waals surface area (Å²) < 4.78 is 0. The van der Waals surface area contributed by atoms with Gasteiger partial charge in [0.15, 0.2) is 0 Å². The van der Waals surface area contributed by atoms with Crippen LogP contribution in [0.15, 0.2) is 90.1 Å². The fraction of sp³-hybridized carbons (Fsp3) is 0.500. The van der Waals surface area contributed by atoms with E-state index in [0.717, 1.165) is 12.0 Å². The third-order valence-corrected chi connectivity index (χ3v) is 10.2. The van der Waals surface area contributed by atoms with Gasteiger partial charge in [-0.2, -0.15) is 0 Å². The smallest absolute Gasteiger partial charge is 0.0281 e. The summed E-state index contributed by atoms with van der Waals surface area (Å²) in [6.07, 6.45) is 18.1. The number of rotatable bonds is 4. The minimum Gasteiger partial charge on any atom is -0.0995 e. The van der Waals surface area contributed by atoms with Crippen molar-refractivity contribution in [1.29, 1.82) is 0 Å². The Hall–Kier alpha value is -2.34. The molecule has 4 aliphatic rings. The molecule has 4 aliphatic carbocycles. The highest BCUT2D eigenvalue weighted by Crippen LogP contribution is 2.68. The van der Waals surface area contributed by atoms with E-state index in [2.05, 4.69) is 102 Å². The third-order valence-electron chi connectivity index (χ3n) is 10.2.